The third-order valence-corrected chi connectivity index (χ3v) is 1.72. The molecule has 0 aliphatic carbocycles. The Morgan fingerprint density at radius 2 is 2.25 bits per heavy atom. The number of aliphatic carboxylic acids is 1. The monoisotopic (exact) mass is 189 g/mol. The second kappa shape index (κ2) is 6.08. The van der Waals surface area contributed by atoms with Gasteiger partial charge in [-0.2, -0.15) is 12.6 Å². The molecule has 0 saturated heterocycles. The highest BCUT2D eigenvalue weighted by molar-refractivity contribution is 7.80. The van der Waals surface area contributed by atoms with Crippen molar-refractivity contribution in [3.05, 3.63) is 11.6 Å². The molecule has 1 atom stereocenters. The maximum atomic E-state index is 10.5. The minimum atomic E-state index is -0.854. The number of thiol groups is 1. The van der Waals surface area contributed by atoms with Gasteiger partial charge >= 0.3 is 5.97 Å². The van der Waals surface area contributed by atoms with Crippen LogP contribution in [0, 0.1) is 0 Å². The van der Waals surface area contributed by atoms with E-state index in [0.29, 0.717) is 12.3 Å². The molecular weight excluding hydrogens is 174 g/mol. The fourth-order valence-corrected chi connectivity index (χ4v) is 0.921. The van der Waals surface area contributed by atoms with Crippen molar-refractivity contribution < 1.29 is 9.90 Å². The van der Waals surface area contributed by atoms with Crippen molar-refractivity contribution in [2.45, 2.75) is 19.9 Å². The van der Waals surface area contributed by atoms with Gasteiger partial charge in [-0.05, 0) is 13.8 Å². The van der Waals surface area contributed by atoms with Gasteiger partial charge in [0.25, 0.3) is 0 Å². The molecule has 0 fully saturated rings. The van der Waals surface area contributed by atoms with Gasteiger partial charge in [0.05, 0.1) is 0 Å². The Morgan fingerprint density at radius 1 is 1.67 bits per heavy atom. The molecule has 0 radical (unpaired) electrons. The van der Waals surface area contributed by atoms with E-state index in [1.165, 1.54) is 5.57 Å². The van der Waals surface area contributed by atoms with Crippen LogP contribution in [-0.4, -0.2) is 29.4 Å². The van der Waals surface area contributed by atoms with Crippen LogP contribution in [0.4, 0.5) is 0 Å². The molecule has 0 aromatic heterocycles. The summed E-state index contributed by atoms with van der Waals surface area (Å²) >= 11 is 3.92. The summed E-state index contributed by atoms with van der Waals surface area (Å²) in [5.74, 6) is -0.543. The lowest BCUT2D eigenvalue weighted by molar-refractivity contribution is -0.138. The Hall–Kier alpha value is -0.480. The average Bonchev–Trinajstić information content (AvgIpc) is 1.96. The fraction of sp³-hybridized carbons (Fsp3) is 0.625. The largest absolute Gasteiger partial charge is 0.480 e. The molecule has 2 N–H and O–H groups in total. The fourth-order valence-electron chi connectivity index (χ4n) is 0.635. The van der Waals surface area contributed by atoms with Crippen LogP contribution in [0.2, 0.25) is 0 Å². The lowest BCUT2D eigenvalue weighted by atomic mass is 10.3. The van der Waals surface area contributed by atoms with Gasteiger partial charge in [0.1, 0.15) is 6.04 Å². The molecule has 0 heterocycles. The van der Waals surface area contributed by atoms with Gasteiger partial charge in [-0.15, -0.1) is 0 Å². The molecule has 0 aliphatic heterocycles. The third-order valence-electron chi connectivity index (χ3n) is 1.36. The van der Waals surface area contributed by atoms with E-state index in [1.807, 2.05) is 19.9 Å². The van der Waals surface area contributed by atoms with Crippen LogP contribution in [0.1, 0.15) is 13.8 Å². The number of carboxylic acids is 1. The van der Waals surface area contributed by atoms with Crippen LogP contribution in [0.15, 0.2) is 11.6 Å². The molecule has 12 heavy (non-hydrogen) atoms. The van der Waals surface area contributed by atoms with Gasteiger partial charge in [0.15, 0.2) is 0 Å². The summed E-state index contributed by atoms with van der Waals surface area (Å²) in [4.78, 5) is 10.5. The standard InChI is InChI=1S/C8H15NO2S/c1-6(2)3-4-9-7(5-12)8(10)11/h3,7,9,12H,4-5H2,1-2H3,(H,10,11)/t7-/m0/s1. The number of rotatable bonds is 5. The van der Waals surface area contributed by atoms with E-state index < -0.39 is 12.0 Å². The van der Waals surface area contributed by atoms with E-state index in [9.17, 15) is 4.79 Å². The summed E-state index contributed by atoms with van der Waals surface area (Å²) in [6.45, 7) is 4.52. The molecule has 0 bridgehead atoms. The van der Waals surface area contributed by atoms with Gasteiger partial charge in [0.2, 0.25) is 0 Å². The summed E-state index contributed by atoms with van der Waals surface area (Å²) in [6, 6.07) is -0.552. The van der Waals surface area contributed by atoms with Crippen LogP contribution < -0.4 is 5.32 Å². The number of nitrogens with one attached hydrogen (secondary N) is 1. The quantitative estimate of drug-likeness (QED) is 0.445. The molecule has 4 heteroatoms. The average molecular weight is 189 g/mol. The maximum absolute atomic E-state index is 10.5. The van der Waals surface area contributed by atoms with Crippen LogP contribution in [0.25, 0.3) is 0 Å². The first-order valence-corrected chi connectivity index (χ1v) is 4.41. The van der Waals surface area contributed by atoms with Crippen LogP contribution in [0.5, 0.6) is 0 Å². The zero-order chi connectivity index (χ0) is 9.56. The smallest absolute Gasteiger partial charge is 0.321 e. The zero-order valence-electron chi connectivity index (χ0n) is 7.37. The molecule has 0 rings (SSSR count). The molecular formula is C8H15NO2S. The summed E-state index contributed by atoms with van der Waals surface area (Å²) < 4.78 is 0. The SMILES string of the molecule is CC(C)=CCN[C@@H](CS)C(=O)O. The molecule has 70 valence electrons. The number of carboxylic acid groups (broad SMARTS) is 1. The van der Waals surface area contributed by atoms with Crippen molar-refractivity contribution in [3.8, 4) is 0 Å². The van der Waals surface area contributed by atoms with Crippen molar-refractivity contribution in [2.24, 2.45) is 0 Å². The maximum Gasteiger partial charge on any atom is 0.321 e. The van der Waals surface area contributed by atoms with Gasteiger partial charge in [-0.1, -0.05) is 11.6 Å². The van der Waals surface area contributed by atoms with Crippen LogP contribution in [-0.2, 0) is 4.79 Å². The van der Waals surface area contributed by atoms with Crippen LogP contribution in [0.3, 0.4) is 0 Å². The Labute approximate surface area is 78.3 Å². The number of allylic oxidation sites excluding steroid dienone is 1. The highest BCUT2D eigenvalue weighted by Gasteiger charge is 2.12. The highest BCUT2D eigenvalue weighted by Crippen LogP contribution is 1.90. The first-order valence-electron chi connectivity index (χ1n) is 3.78. The summed E-state index contributed by atoms with van der Waals surface area (Å²) in [6.07, 6.45) is 1.94. The Balaban J connectivity index is 3.74. The first-order chi connectivity index (χ1) is 5.57. The topological polar surface area (TPSA) is 49.3 Å². The van der Waals surface area contributed by atoms with E-state index in [4.69, 9.17) is 5.11 Å². The molecule has 0 aromatic rings. The lowest BCUT2D eigenvalue weighted by Crippen LogP contribution is -2.38. The predicted molar refractivity (Wildman–Crippen MR) is 52.7 cm³/mol. The van der Waals surface area contributed by atoms with Crippen molar-refractivity contribution in [1.29, 1.82) is 0 Å². The molecule has 0 unspecified atom stereocenters. The van der Waals surface area contributed by atoms with E-state index in [1.54, 1.807) is 0 Å². The second-order valence-electron chi connectivity index (χ2n) is 2.76. The minimum absolute atomic E-state index is 0.311. The Morgan fingerprint density at radius 3 is 2.58 bits per heavy atom. The van der Waals surface area contributed by atoms with E-state index >= 15 is 0 Å². The predicted octanol–water partition coefficient (Wildman–Crippen LogP) is 0.925. The van der Waals surface area contributed by atoms with Gasteiger partial charge < -0.3 is 10.4 Å². The van der Waals surface area contributed by atoms with Gasteiger partial charge in [-0.3, -0.25) is 4.79 Å². The minimum Gasteiger partial charge on any atom is -0.480 e. The Bertz CT molecular complexity index is 176. The molecule has 0 aromatic carbocycles. The molecule has 3 nitrogen and oxygen atoms in total. The van der Waals surface area contributed by atoms with Crippen LogP contribution >= 0.6 is 12.6 Å². The van der Waals surface area contributed by atoms with Crippen molar-refractivity contribution in [2.75, 3.05) is 12.3 Å². The molecule has 0 spiro atoms. The lowest BCUT2D eigenvalue weighted by Gasteiger charge is -2.09. The van der Waals surface area contributed by atoms with E-state index in [-0.39, 0.29) is 0 Å². The zero-order valence-corrected chi connectivity index (χ0v) is 8.27. The normalized spacial score (nSPS) is 12.2. The van der Waals surface area contributed by atoms with E-state index in [0.717, 1.165) is 0 Å². The van der Waals surface area contributed by atoms with Crippen molar-refractivity contribution in [1.82, 2.24) is 5.32 Å². The summed E-state index contributed by atoms with van der Waals surface area (Å²) in [5, 5.41) is 11.5. The molecule has 0 amide bonds. The number of hydrogen-bond donors (Lipinski definition) is 3. The number of carbonyl (C=O) groups is 1. The van der Waals surface area contributed by atoms with E-state index in [2.05, 4.69) is 17.9 Å². The molecule has 0 aliphatic rings. The van der Waals surface area contributed by atoms with Crippen molar-refractivity contribution in [3.63, 3.8) is 0 Å². The first kappa shape index (κ1) is 11.5. The second-order valence-corrected chi connectivity index (χ2v) is 3.13. The highest BCUT2D eigenvalue weighted by atomic mass is 32.1. The molecule has 0 saturated carbocycles. The summed E-state index contributed by atoms with van der Waals surface area (Å²) in [5.41, 5.74) is 1.17. The summed E-state index contributed by atoms with van der Waals surface area (Å²) in [7, 11) is 0. The van der Waals surface area contributed by atoms with Gasteiger partial charge in [-0.25, -0.2) is 0 Å². The Kier molecular flexibility index (Phi) is 5.84. The number of hydrogen-bond acceptors (Lipinski definition) is 3. The van der Waals surface area contributed by atoms with Gasteiger partial charge in [0, 0.05) is 12.3 Å². The third kappa shape index (κ3) is 5.21. The van der Waals surface area contributed by atoms with Crippen molar-refractivity contribution >= 4 is 18.6 Å².